The normalized spacial score (nSPS) is 13.4. The highest BCUT2D eigenvalue weighted by Gasteiger charge is 2.15. The van der Waals surface area contributed by atoms with Gasteiger partial charge in [0.05, 0.1) is 5.57 Å². The number of carbonyl (C=O) groups is 2. The van der Waals surface area contributed by atoms with E-state index < -0.39 is 11.7 Å². The van der Waals surface area contributed by atoms with Crippen LogP contribution in [0, 0.1) is 5.82 Å². The second-order valence-electron chi connectivity index (χ2n) is 6.60. The molecule has 0 atom stereocenters. The van der Waals surface area contributed by atoms with Crippen molar-refractivity contribution in [3.63, 3.8) is 0 Å². The largest absolute Gasteiger partial charge is 0.507 e. The van der Waals surface area contributed by atoms with E-state index in [4.69, 9.17) is 5.73 Å². The molecule has 0 heterocycles. The van der Waals surface area contributed by atoms with Crippen molar-refractivity contribution in [1.82, 2.24) is 0 Å². The number of rotatable bonds is 9. The summed E-state index contributed by atoms with van der Waals surface area (Å²) < 4.78 is 14.3. The zero-order valence-corrected chi connectivity index (χ0v) is 17.3. The molecule has 0 spiro atoms. The SMILES string of the molecule is C=C(/C=C(C)/C(C)=C/C(O)=C(\C=NCCC)C(C)=O)c1c(F)cccc1C(N)=O. The second kappa shape index (κ2) is 10.9. The van der Waals surface area contributed by atoms with E-state index in [-0.39, 0.29) is 33.8 Å². The van der Waals surface area contributed by atoms with Crippen molar-refractivity contribution in [2.45, 2.75) is 34.1 Å². The summed E-state index contributed by atoms with van der Waals surface area (Å²) in [7, 11) is 0. The summed E-state index contributed by atoms with van der Waals surface area (Å²) in [6.45, 7) is 11.2. The minimum atomic E-state index is -0.753. The zero-order valence-electron chi connectivity index (χ0n) is 17.3. The number of nitrogens with zero attached hydrogens (tertiary/aromatic N) is 1. The van der Waals surface area contributed by atoms with Gasteiger partial charge in [0.1, 0.15) is 11.6 Å². The Morgan fingerprint density at radius 1 is 1.21 bits per heavy atom. The molecule has 0 aliphatic rings. The fourth-order valence-electron chi connectivity index (χ4n) is 2.52. The van der Waals surface area contributed by atoms with E-state index in [2.05, 4.69) is 11.6 Å². The number of aliphatic hydroxyl groups is 1. The lowest BCUT2D eigenvalue weighted by Gasteiger charge is -2.10. The number of aliphatic hydroxyl groups excluding tert-OH is 1. The van der Waals surface area contributed by atoms with Crippen LogP contribution in [0.5, 0.6) is 0 Å². The smallest absolute Gasteiger partial charge is 0.249 e. The van der Waals surface area contributed by atoms with E-state index in [1.165, 1.54) is 37.4 Å². The topological polar surface area (TPSA) is 92.8 Å². The van der Waals surface area contributed by atoms with Crippen LogP contribution in [0.1, 0.15) is 50.0 Å². The molecular formula is C23H27FN2O3. The van der Waals surface area contributed by atoms with Crippen LogP contribution in [0.4, 0.5) is 4.39 Å². The minimum absolute atomic E-state index is 0.0306. The Bertz CT molecular complexity index is 937. The third-order valence-corrected chi connectivity index (χ3v) is 4.19. The van der Waals surface area contributed by atoms with Crippen molar-refractivity contribution >= 4 is 23.5 Å². The summed E-state index contributed by atoms with van der Waals surface area (Å²) in [4.78, 5) is 27.5. The van der Waals surface area contributed by atoms with Crippen molar-refractivity contribution in [3.05, 3.63) is 76.4 Å². The summed E-state index contributed by atoms with van der Waals surface area (Å²) in [6.07, 6.45) is 5.21. The molecule has 0 saturated carbocycles. The van der Waals surface area contributed by atoms with Gasteiger partial charge in [-0.15, -0.1) is 0 Å². The van der Waals surface area contributed by atoms with Crippen molar-refractivity contribution < 1.29 is 19.1 Å². The number of nitrogens with two attached hydrogens (primary N) is 1. The molecule has 154 valence electrons. The number of Topliss-reactive ketones (excluding diaryl/α,β-unsaturated/α-hetero) is 1. The van der Waals surface area contributed by atoms with Crippen molar-refractivity contribution in [3.8, 4) is 0 Å². The quantitative estimate of drug-likeness (QED) is 0.273. The fraction of sp³-hybridized carbons (Fsp3) is 0.261. The molecular weight excluding hydrogens is 371 g/mol. The monoisotopic (exact) mass is 398 g/mol. The average Bonchev–Trinajstić information content (AvgIpc) is 2.64. The molecule has 1 amide bonds. The average molecular weight is 398 g/mol. The van der Waals surface area contributed by atoms with Crippen LogP contribution in [-0.4, -0.2) is 29.6 Å². The van der Waals surface area contributed by atoms with Gasteiger partial charge in [0.25, 0.3) is 0 Å². The molecule has 6 heteroatoms. The fourth-order valence-corrected chi connectivity index (χ4v) is 2.52. The standard InChI is InChI=1S/C23H27FN2O3/c1-6-10-26-13-19(17(5)27)21(28)12-15(3)14(2)11-16(4)22-18(23(25)29)8-7-9-20(22)24/h7-9,11-13,28H,4,6,10H2,1-3,5H3,(H2,25,29)/b14-11+,15-12+,21-19-,26-13?. The van der Waals surface area contributed by atoms with Gasteiger partial charge in [-0.2, -0.15) is 0 Å². The van der Waals surface area contributed by atoms with Gasteiger partial charge in [-0.1, -0.05) is 25.6 Å². The molecule has 1 aromatic carbocycles. The van der Waals surface area contributed by atoms with E-state index in [0.29, 0.717) is 17.7 Å². The minimum Gasteiger partial charge on any atom is -0.507 e. The Morgan fingerprint density at radius 2 is 1.83 bits per heavy atom. The lowest BCUT2D eigenvalue weighted by molar-refractivity contribution is -0.113. The Labute approximate surface area is 170 Å². The van der Waals surface area contributed by atoms with Crippen LogP contribution in [0.15, 0.2) is 64.4 Å². The zero-order chi connectivity index (χ0) is 22.1. The Balaban J connectivity index is 3.29. The molecule has 0 aromatic heterocycles. The van der Waals surface area contributed by atoms with Gasteiger partial charge in [0.15, 0.2) is 5.78 Å². The molecule has 0 bridgehead atoms. The predicted molar refractivity (Wildman–Crippen MR) is 115 cm³/mol. The number of hydrogen-bond donors (Lipinski definition) is 2. The Kier molecular flexibility index (Phi) is 8.93. The number of aliphatic imine (C=N–C) groups is 1. The van der Waals surface area contributed by atoms with Crippen LogP contribution in [0.2, 0.25) is 0 Å². The first-order valence-electron chi connectivity index (χ1n) is 9.18. The number of benzene rings is 1. The number of hydrogen-bond acceptors (Lipinski definition) is 4. The van der Waals surface area contributed by atoms with Crippen LogP contribution in [0.25, 0.3) is 5.57 Å². The molecule has 0 aliphatic carbocycles. The third kappa shape index (κ3) is 6.68. The van der Waals surface area contributed by atoms with E-state index in [1.54, 1.807) is 19.9 Å². The highest BCUT2D eigenvalue weighted by atomic mass is 19.1. The number of ketones is 1. The van der Waals surface area contributed by atoms with Crippen LogP contribution >= 0.6 is 0 Å². The van der Waals surface area contributed by atoms with Crippen LogP contribution < -0.4 is 5.73 Å². The first-order chi connectivity index (χ1) is 13.6. The molecule has 0 saturated heterocycles. The molecule has 0 unspecified atom stereocenters. The highest BCUT2D eigenvalue weighted by molar-refractivity contribution is 6.12. The molecule has 3 N–H and O–H groups in total. The maximum atomic E-state index is 14.3. The van der Waals surface area contributed by atoms with Gasteiger partial charge in [0.2, 0.25) is 5.91 Å². The van der Waals surface area contributed by atoms with Gasteiger partial charge in [-0.25, -0.2) is 4.39 Å². The van der Waals surface area contributed by atoms with Crippen LogP contribution in [0.3, 0.4) is 0 Å². The lowest BCUT2D eigenvalue weighted by atomic mass is 9.96. The Morgan fingerprint density at radius 3 is 2.38 bits per heavy atom. The summed E-state index contributed by atoms with van der Waals surface area (Å²) >= 11 is 0. The molecule has 0 fully saturated rings. The van der Waals surface area contributed by atoms with Gasteiger partial charge in [0, 0.05) is 23.9 Å². The molecule has 5 nitrogen and oxygen atoms in total. The third-order valence-electron chi connectivity index (χ3n) is 4.19. The van der Waals surface area contributed by atoms with E-state index in [9.17, 15) is 19.1 Å². The summed E-state index contributed by atoms with van der Waals surface area (Å²) in [5.74, 6) is -1.88. The van der Waals surface area contributed by atoms with E-state index in [0.717, 1.165) is 6.42 Å². The van der Waals surface area contributed by atoms with Crippen molar-refractivity contribution in [2.24, 2.45) is 10.7 Å². The van der Waals surface area contributed by atoms with Gasteiger partial charge < -0.3 is 10.8 Å². The predicted octanol–water partition coefficient (Wildman–Crippen LogP) is 4.71. The molecule has 0 aliphatic heterocycles. The maximum absolute atomic E-state index is 14.3. The first-order valence-corrected chi connectivity index (χ1v) is 9.18. The number of halogens is 1. The molecule has 0 radical (unpaired) electrons. The second-order valence-corrected chi connectivity index (χ2v) is 6.60. The number of amides is 1. The van der Waals surface area contributed by atoms with Gasteiger partial charge in [-0.3, -0.25) is 14.6 Å². The first kappa shape index (κ1) is 23.8. The molecule has 29 heavy (non-hydrogen) atoms. The van der Waals surface area contributed by atoms with E-state index in [1.807, 2.05) is 6.92 Å². The lowest BCUT2D eigenvalue weighted by Crippen LogP contribution is -2.14. The van der Waals surface area contributed by atoms with Gasteiger partial charge in [-0.05, 0) is 62.1 Å². The summed E-state index contributed by atoms with van der Waals surface area (Å²) in [5.41, 5.74) is 7.05. The molecule has 1 aromatic rings. The summed E-state index contributed by atoms with van der Waals surface area (Å²) in [6, 6.07) is 4.06. The highest BCUT2D eigenvalue weighted by Crippen LogP contribution is 2.25. The number of allylic oxidation sites excluding steroid dienone is 6. The van der Waals surface area contributed by atoms with E-state index >= 15 is 0 Å². The van der Waals surface area contributed by atoms with Gasteiger partial charge >= 0.3 is 0 Å². The van der Waals surface area contributed by atoms with Crippen LogP contribution in [-0.2, 0) is 4.79 Å². The maximum Gasteiger partial charge on any atom is 0.249 e. The number of carbonyl (C=O) groups excluding carboxylic acids is 2. The van der Waals surface area contributed by atoms with Crippen molar-refractivity contribution in [2.75, 3.05) is 6.54 Å². The Hall–Kier alpha value is -3.28. The summed E-state index contributed by atoms with van der Waals surface area (Å²) in [5, 5.41) is 10.3. The number of primary amides is 1. The van der Waals surface area contributed by atoms with Crippen molar-refractivity contribution in [1.29, 1.82) is 0 Å². The molecule has 1 rings (SSSR count).